The average Bonchev–Trinajstić information content (AvgIpc) is 3.26. The number of hydrogen-bond acceptors (Lipinski definition) is 4. The predicted octanol–water partition coefficient (Wildman–Crippen LogP) is 2.55. The first kappa shape index (κ1) is 18.9. The summed E-state index contributed by atoms with van der Waals surface area (Å²) in [5, 5.41) is 4.71. The van der Waals surface area contributed by atoms with Gasteiger partial charge in [-0.3, -0.25) is 4.99 Å². The summed E-state index contributed by atoms with van der Waals surface area (Å²) in [7, 11) is 1.87. The zero-order chi connectivity index (χ0) is 15.4. The molecule has 2 aliphatic rings. The van der Waals surface area contributed by atoms with Crippen LogP contribution in [0, 0.1) is 5.41 Å². The number of rotatable bonds is 4. The lowest BCUT2D eigenvalue weighted by Crippen LogP contribution is -2.42. The molecule has 1 aromatic heterocycles. The minimum absolute atomic E-state index is 0. The minimum atomic E-state index is 0. The third kappa shape index (κ3) is 4.57. The molecular formula is C16H27IN4OS. The molecule has 1 unspecified atom stereocenters. The highest BCUT2D eigenvalue weighted by atomic mass is 127. The second-order valence-corrected chi connectivity index (χ2v) is 7.47. The monoisotopic (exact) mass is 450 g/mol. The Bertz CT molecular complexity index is 528. The summed E-state index contributed by atoms with van der Waals surface area (Å²) in [4.78, 5) is 12.7. The van der Waals surface area contributed by atoms with E-state index in [1.807, 2.05) is 24.6 Å². The number of hydrogen-bond donors (Lipinski definition) is 1. The van der Waals surface area contributed by atoms with Gasteiger partial charge < -0.3 is 15.0 Å². The summed E-state index contributed by atoms with van der Waals surface area (Å²) in [6.45, 7) is 7.06. The van der Waals surface area contributed by atoms with Crippen LogP contribution in [0.2, 0.25) is 0 Å². The summed E-state index contributed by atoms with van der Waals surface area (Å²) in [5.74, 6) is 1.02. The molecule has 1 aromatic rings. The number of nitrogens with zero attached hydrogens (tertiary/aromatic N) is 3. The summed E-state index contributed by atoms with van der Waals surface area (Å²) < 4.78 is 5.60. The lowest BCUT2D eigenvalue weighted by atomic mass is 9.87. The Balaban J connectivity index is 0.00000192. The van der Waals surface area contributed by atoms with Crippen LogP contribution in [0.15, 0.2) is 11.2 Å². The largest absolute Gasteiger partial charge is 0.381 e. The Kier molecular flexibility index (Phi) is 7.09. The Hall–Kier alpha value is -0.410. The van der Waals surface area contributed by atoms with Crippen LogP contribution in [0.4, 0.5) is 0 Å². The molecular weight excluding hydrogens is 423 g/mol. The Morgan fingerprint density at radius 2 is 2.39 bits per heavy atom. The number of aromatic nitrogens is 1. The molecule has 130 valence electrons. The number of halogens is 1. The third-order valence-corrected chi connectivity index (χ3v) is 5.91. The van der Waals surface area contributed by atoms with Crippen molar-refractivity contribution in [1.29, 1.82) is 0 Å². The predicted molar refractivity (Wildman–Crippen MR) is 106 cm³/mol. The van der Waals surface area contributed by atoms with Gasteiger partial charge in [-0.1, -0.05) is 6.92 Å². The molecule has 0 saturated carbocycles. The lowest BCUT2D eigenvalue weighted by Gasteiger charge is -2.24. The summed E-state index contributed by atoms with van der Waals surface area (Å²) in [6.07, 6.45) is 6.45. The topological polar surface area (TPSA) is 49.8 Å². The van der Waals surface area contributed by atoms with E-state index in [0.29, 0.717) is 5.41 Å². The molecule has 23 heavy (non-hydrogen) atoms. The van der Waals surface area contributed by atoms with Crippen LogP contribution >= 0.6 is 35.3 Å². The minimum Gasteiger partial charge on any atom is -0.381 e. The SMILES string of the molecule is CCc1cnc(CCNC(=NC)N2CCC3(CCOC3)C2)s1.I. The van der Waals surface area contributed by atoms with Crippen LogP contribution in [0.25, 0.3) is 0 Å². The molecule has 0 radical (unpaired) electrons. The van der Waals surface area contributed by atoms with Crippen molar-refractivity contribution in [3.05, 3.63) is 16.1 Å². The fourth-order valence-electron chi connectivity index (χ4n) is 3.33. The van der Waals surface area contributed by atoms with E-state index < -0.39 is 0 Å². The number of aliphatic imine (C=N–C) groups is 1. The number of likely N-dealkylation sites (tertiary alicyclic amines) is 1. The first-order valence-corrected chi connectivity index (χ1v) is 9.03. The normalized spacial score (nSPS) is 24.3. The highest BCUT2D eigenvalue weighted by molar-refractivity contribution is 14.0. The van der Waals surface area contributed by atoms with Crippen molar-refractivity contribution in [3.8, 4) is 0 Å². The summed E-state index contributed by atoms with van der Waals surface area (Å²) in [5.41, 5.74) is 0.378. The Morgan fingerprint density at radius 3 is 3.04 bits per heavy atom. The van der Waals surface area contributed by atoms with E-state index in [1.165, 1.54) is 22.7 Å². The van der Waals surface area contributed by atoms with Gasteiger partial charge in [0.15, 0.2) is 5.96 Å². The van der Waals surface area contributed by atoms with Gasteiger partial charge in [0.2, 0.25) is 0 Å². The van der Waals surface area contributed by atoms with Crippen molar-refractivity contribution in [3.63, 3.8) is 0 Å². The molecule has 5 nitrogen and oxygen atoms in total. The summed E-state index contributed by atoms with van der Waals surface area (Å²) >= 11 is 1.82. The first-order valence-electron chi connectivity index (χ1n) is 8.21. The molecule has 3 heterocycles. The fraction of sp³-hybridized carbons (Fsp3) is 0.750. The second-order valence-electron chi connectivity index (χ2n) is 6.27. The molecule has 0 amide bonds. The Labute approximate surface area is 159 Å². The number of aryl methyl sites for hydroxylation is 1. The molecule has 0 aliphatic carbocycles. The van der Waals surface area contributed by atoms with E-state index in [2.05, 4.69) is 27.1 Å². The zero-order valence-corrected chi connectivity index (χ0v) is 17.2. The number of ether oxygens (including phenoxy) is 1. The van der Waals surface area contributed by atoms with E-state index in [-0.39, 0.29) is 24.0 Å². The maximum Gasteiger partial charge on any atom is 0.193 e. The molecule has 2 fully saturated rings. The zero-order valence-electron chi connectivity index (χ0n) is 14.0. The van der Waals surface area contributed by atoms with Crippen LogP contribution in [0.5, 0.6) is 0 Å². The van der Waals surface area contributed by atoms with Gasteiger partial charge in [-0.25, -0.2) is 4.98 Å². The van der Waals surface area contributed by atoms with Crippen molar-refractivity contribution in [2.24, 2.45) is 10.4 Å². The van der Waals surface area contributed by atoms with Gasteiger partial charge >= 0.3 is 0 Å². The summed E-state index contributed by atoms with van der Waals surface area (Å²) in [6, 6.07) is 0. The van der Waals surface area contributed by atoms with Gasteiger partial charge in [0.05, 0.1) is 11.6 Å². The molecule has 2 saturated heterocycles. The first-order chi connectivity index (χ1) is 10.7. The molecule has 1 atom stereocenters. The van der Waals surface area contributed by atoms with Crippen molar-refractivity contribution in [2.75, 3.05) is 39.9 Å². The van der Waals surface area contributed by atoms with Crippen molar-refractivity contribution >= 4 is 41.3 Å². The standard InChI is InChI=1S/C16H26N4OS.HI/c1-3-13-10-19-14(22-13)4-7-18-15(17-2)20-8-5-16(11-20)6-9-21-12-16;/h10H,3-9,11-12H2,1-2H3,(H,17,18);1H. The smallest absolute Gasteiger partial charge is 0.193 e. The Morgan fingerprint density at radius 1 is 1.52 bits per heavy atom. The van der Waals surface area contributed by atoms with Crippen molar-refractivity contribution in [1.82, 2.24) is 15.2 Å². The molecule has 1 N–H and O–H groups in total. The lowest BCUT2D eigenvalue weighted by molar-refractivity contribution is 0.156. The van der Waals surface area contributed by atoms with E-state index in [4.69, 9.17) is 4.74 Å². The van der Waals surface area contributed by atoms with E-state index in [1.54, 1.807) is 0 Å². The van der Waals surface area contributed by atoms with Gasteiger partial charge in [0.1, 0.15) is 0 Å². The molecule has 7 heteroatoms. The maximum atomic E-state index is 5.60. The van der Waals surface area contributed by atoms with E-state index >= 15 is 0 Å². The van der Waals surface area contributed by atoms with Gasteiger partial charge in [-0.15, -0.1) is 35.3 Å². The second kappa shape index (κ2) is 8.62. The average molecular weight is 450 g/mol. The molecule has 0 aromatic carbocycles. The number of nitrogens with one attached hydrogen (secondary N) is 1. The van der Waals surface area contributed by atoms with Crippen LogP contribution < -0.4 is 5.32 Å². The van der Waals surface area contributed by atoms with Crippen LogP contribution in [-0.2, 0) is 17.6 Å². The molecule has 1 spiro atoms. The van der Waals surface area contributed by atoms with Gasteiger partial charge in [0.25, 0.3) is 0 Å². The van der Waals surface area contributed by atoms with Gasteiger partial charge in [0, 0.05) is 56.2 Å². The van der Waals surface area contributed by atoms with Gasteiger partial charge in [-0.05, 0) is 19.3 Å². The van der Waals surface area contributed by atoms with Crippen LogP contribution in [0.3, 0.4) is 0 Å². The molecule has 3 rings (SSSR count). The quantitative estimate of drug-likeness (QED) is 0.435. The van der Waals surface area contributed by atoms with E-state index in [0.717, 1.165) is 51.6 Å². The van der Waals surface area contributed by atoms with Gasteiger partial charge in [-0.2, -0.15) is 0 Å². The van der Waals surface area contributed by atoms with Crippen molar-refractivity contribution < 1.29 is 4.74 Å². The highest BCUT2D eigenvalue weighted by Gasteiger charge is 2.42. The number of thiazole rings is 1. The number of guanidine groups is 1. The van der Waals surface area contributed by atoms with Crippen LogP contribution in [0.1, 0.15) is 29.7 Å². The van der Waals surface area contributed by atoms with Crippen LogP contribution in [-0.4, -0.2) is 55.7 Å². The maximum absolute atomic E-state index is 5.60. The van der Waals surface area contributed by atoms with Crippen molar-refractivity contribution in [2.45, 2.75) is 32.6 Å². The highest BCUT2D eigenvalue weighted by Crippen LogP contribution is 2.38. The molecule has 0 bridgehead atoms. The fourth-order valence-corrected chi connectivity index (χ4v) is 4.19. The molecule has 2 aliphatic heterocycles. The third-order valence-electron chi connectivity index (χ3n) is 4.71. The van der Waals surface area contributed by atoms with E-state index in [9.17, 15) is 0 Å².